The Morgan fingerprint density at radius 1 is 0.680 bits per heavy atom. The van der Waals surface area contributed by atoms with Crippen molar-refractivity contribution >= 4 is 30.3 Å². The van der Waals surface area contributed by atoms with Crippen molar-refractivity contribution in [3.05, 3.63) is 47.5 Å². The summed E-state index contributed by atoms with van der Waals surface area (Å²) in [5.74, 6) is 0. The number of aryl methyl sites for hydroxylation is 2. The molecule has 0 aliphatic carbocycles. The van der Waals surface area contributed by atoms with Gasteiger partial charge in [0, 0.05) is 53.8 Å². The average molecular weight is 359 g/mol. The highest BCUT2D eigenvalue weighted by Gasteiger charge is 2.41. The van der Waals surface area contributed by atoms with Crippen molar-refractivity contribution in [2.75, 3.05) is 52.2 Å². The first kappa shape index (κ1) is 19.5. The molecule has 0 fully saturated rings. The van der Waals surface area contributed by atoms with Crippen molar-refractivity contribution < 1.29 is 8.85 Å². The minimum absolute atomic E-state index is 1.12. The Morgan fingerprint density at radius 2 is 1.04 bits per heavy atom. The lowest BCUT2D eigenvalue weighted by atomic mass is 10.2. The van der Waals surface area contributed by atoms with Crippen molar-refractivity contribution in [3.8, 4) is 0 Å². The van der Waals surface area contributed by atoms with Crippen LogP contribution in [0.2, 0.25) is 0 Å². The fourth-order valence-electron chi connectivity index (χ4n) is 3.45. The molecular formula is C20H30N2O2Si. The fourth-order valence-corrected chi connectivity index (χ4v) is 6.31. The van der Waals surface area contributed by atoms with E-state index in [0.717, 1.165) is 10.4 Å². The Morgan fingerprint density at radius 3 is 1.28 bits per heavy atom. The SMILES string of the molecule is CO[Si](OC)(c1ccc(N(C)C)c(C)c1)c1ccc(N(C)C)c(C)c1. The van der Waals surface area contributed by atoms with Crippen LogP contribution in [0, 0.1) is 13.8 Å². The molecular weight excluding hydrogens is 328 g/mol. The molecule has 4 nitrogen and oxygen atoms in total. The zero-order valence-electron chi connectivity index (χ0n) is 16.7. The summed E-state index contributed by atoms with van der Waals surface area (Å²) in [6, 6.07) is 13.0. The van der Waals surface area contributed by atoms with Gasteiger partial charge in [0.25, 0.3) is 0 Å². The van der Waals surface area contributed by atoms with E-state index in [0.29, 0.717) is 0 Å². The quantitative estimate of drug-likeness (QED) is 0.740. The molecule has 0 atom stereocenters. The highest BCUT2D eigenvalue weighted by Crippen LogP contribution is 2.20. The van der Waals surface area contributed by atoms with Gasteiger partial charge in [-0.2, -0.15) is 0 Å². The summed E-state index contributed by atoms with van der Waals surface area (Å²) in [6.45, 7) is 4.26. The van der Waals surface area contributed by atoms with Crippen LogP contribution in [0.1, 0.15) is 11.1 Å². The summed E-state index contributed by atoms with van der Waals surface area (Å²) in [5, 5.41) is 2.25. The molecule has 0 saturated carbocycles. The summed E-state index contributed by atoms with van der Waals surface area (Å²) in [7, 11) is 9.02. The van der Waals surface area contributed by atoms with Gasteiger partial charge in [-0.3, -0.25) is 0 Å². The molecule has 2 aromatic rings. The van der Waals surface area contributed by atoms with E-state index < -0.39 is 8.56 Å². The van der Waals surface area contributed by atoms with Crippen LogP contribution in [-0.4, -0.2) is 51.0 Å². The lowest BCUT2D eigenvalue weighted by Crippen LogP contribution is -2.62. The summed E-state index contributed by atoms with van der Waals surface area (Å²) >= 11 is 0. The molecule has 0 radical (unpaired) electrons. The molecule has 0 heterocycles. The molecule has 0 N–H and O–H groups in total. The van der Waals surface area contributed by atoms with Crippen LogP contribution >= 0.6 is 0 Å². The third kappa shape index (κ3) is 3.59. The average Bonchev–Trinajstić information content (AvgIpc) is 2.56. The predicted octanol–water partition coefficient (Wildman–Crippen LogP) is 2.28. The third-order valence-corrected chi connectivity index (χ3v) is 7.98. The van der Waals surface area contributed by atoms with Crippen LogP contribution in [0.15, 0.2) is 36.4 Å². The van der Waals surface area contributed by atoms with Crippen molar-refractivity contribution in [2.45, 2.75) is 13.8 Å². The molecule has 2 aromatic carbocycles. The van der Waals surface area contributed by atoms with Gasteiger partial charge >= 0.3 is 8.56 Å². The molecule has 2 rings (SSSR count). The fraction of sp³-hybridized carbons (Fsp3) is 0.400. The molecule has 0 amide bonds. The van der Waals surface area contributed by atoms with Crippen LogP contribution in [0.25, 0.3) is 0 Å². The molecule has 25 heavy (non-hydrogen) atoms. The molecule has 0 aromatic heterocycles. The maximum Gasteiger partial charge on any atom is 0.406 e. The normalized spacial score (nSPS) is 11.5. The van der Waals surface area contributed by atoms with Crippen LogP contribution in [0.5, 0.6) is 0 Å². The Kier molecular flexibility index (Phi) is 5.93. The largest absolute Gasteiger partial charge is 0.406 e. The number of hydrogen-bond acceptors (Lipinski definition) is 4. The van der Waals surface area contributed by atoms with Crippen LogP contribution < -0.4 is 20.2 Å². The first-order valence-electron chi connectivity index (χ1n) is 8.44. The number of rotatable bonds is 6. The van der Waals surface area contributed by atoms with Gasteiger partial charge in [-0.1, -0.05) is 24.3 Å². The summed E-state index contributed by atoms with van der Waals surface area (Å²) in [6.07, 6.45) is 0. The Bertz CT molecular complexity index is 681. The zero-order chi connectivity index (χ0) is 18.8. The lowest BCUT2D eigenvalue weighted by Gasteiger charge is -2.30. The molecule has 0 saturated heterocycles. The van der Waals surface area contributed by atoms with Crippen LogP contribution in [-0.2, 0) is 8.85 Å². The standard InChI is InChI=1S/C20H30N2O2Si/c1-15-13-17(9-11-19(15)21(3)4)25(23-7,24-8)18-10-12-20(22(5)6)16(2)14-18/h9-14H,1-8H3. The molecule has 136 valence electrons. The minimum atomic E-state index is -2.71. The molecule has 0 bridgehead atoms. The van der Waals surface area contributed by atoms with Crippen molar-refractivity contribution in [1.29, 1.82) is 0 Å². The van der Waals surface area contributed by atoms with Gasteiger partial charge in [0.2, 0.25) is 0 Å². The van der Waals surface area contributed by atoms with Crippen molar-refractivity contribution in [2.24, 2.45) is 0 Å². The van der Waals surface area contributed by atoms with E-state index in [-0.39, 0.29) is 0 Å². The predicted molar refractivity (Wildman–Crippen MR) is 110 cm³/mol. The second-order valence-electron chi connectivity index (χ2n) is 6.82. The highest BCUT2D eigenvalue weighted by molar-refractivity contribution is 6.92. The summed E-state index contributed by atoms with van der Waals surface area (Å²) < 4.78 is 12.1. The van der Waals surface area contributed by atoms with Gasteiger partial charge in [0.15, 0.2) is 0 Å². The zero-order valence-corrected chi connectivity index (χ0v) is 17.7. The van der Waals surface area contributed by atoms with Gasteiger partial charge in [0.05, 0.1) is 0 Å². The van der Waals surface area contributed by atoms with Gasteiger partial charge < -0.3 is 18.7 Å². The Labute approximate surface area is 153 Å². The van der Waals surface area contributed by atoms with Gasteiger partial charge in [0.1, 0.15) is 0 Å². The maximum atomic E-state index is 6.06. The number of benzene rings is 2. The maximum absolute atomic E-state index is 6.06. The van der Waals surface area contributed by atoms with Crippen molar-refractivity contribution in [3.63, 3.8) is 0 Å². The summed E-state index contributed by atoms with van der Waals surface area (Å²) in [5.41, 5.74) is 4.85. The van der Waals surface area contributed by atoms with E-state index in [1.54, 1.807) is 14.2 Å². The first-order valence-corrected chi connectivity index (χ1v) is 10.3. The topological polar surface area (TPSA) is 24.9 Å². The van der Waals surface area contributed by atoms with Crippen LogP contribution in [0.3, 0.4) is 0 Å². The van der Waals surface area contributed by atoms with E-state index >= 15 is 0 Å². The van der Waals surface area contributed by atoms with E-state index in [4.69, 9.17) is 8.85 Å². The second-order valence-corrected chi connectivity index (χ2v) is 10.0. The van der Waals surface area contributed by atoms with Gasteiger partial charge in [-0.25, -0.2) is 0 Å². The Balaban J connectivity index is 2.59. The van der Waals surface area contributed by atoms with E-state index in [1.807, 2.05) is 0 Å². The highest BCUT2D eigenvalue weighted by atomic mass is 28.4. The minimum Gasteiger partial charge on any atom is -0.391 e. The Hall–Kier alpha value is -1.82. The molecule has 0 aliphatic rings. The number of hydrogen-bond donors (Lipinski definition) is 0. The summed E-state index contributed by atoms with van der Waals surface area (Å²) in [4.78, 5) is 4.25. The monoisotopic (exact) mass is 358 g/mol. The molecule has 0 unspecified atom stereocenters. The molecule has 0 spiro atoms. The number of anilines is 2. The number of nitrogens with zero attached hydrogens (tertiary/aromatic N) is 2. The van der Waals surface area contributed by atoms with E-state index in [9.17, 15) is 0 Å². The van der Waals surface area contributed by atoms with Crippen LogP contribution in [0.4, 0.5) is 11.4 Å². The van der Waals surface area contributed by atoms with E-state index in [1.165, 1.54) is 22.5 Å². The molecule has 5 heteroatoms. The third-order valence-electron chi connectivity index (χ3n) is 4.69. The van der Waals surface area contributed by atoms with Gasteiger partial charge in [-0.05, 0) is 47.5 Å². The smallest absolute Gasteiger partial charge is 0.391 e. The first-order chi connectivity index (χ1) is 11.8. The van der Waals surface area contributed by atoms with Crippen molar-refractivity contribution in [1.82, 2.24) is 0 Å². The van der Waals surface area contributed by atoms with Gasteiger partial charge in [-0.15, -0.1) is 0 Å². The molecule has 0 aliphatic heterocycles. The lowest BCUT2D eigenvalue weighted by molar-refractivity contribution is 0.272. The second kappa shape index (κ2) is 7.60. The van der Waals surface area contributed by atoms with E-state index in [2.05, 4.69) is 88.2 Å².